The third-order valence-corrected chi connectivity index (χ3v) is 4.05. The number of carbonyl (C=O) groups is 2. The standard InChI is InChI=1S/C21H30N4O4.C2H6/c1-17(2)29-16-25(14-18-10-7-6-8-11-18)19(20(22-3)24(5)15-27)21(28)23(4)12-9-13-26;1-2/h6-8,10-11,15,26H,1,3,9,12-14,16H2,2,4-5H3;1-2H3/b20-19+;. The number of aliphatic imine (C=N–C) groups is 1. The fourth-order valence-electron chi connectivity index (χ4n) is 2.55. The molecule has 0 saturated heterocycles. The Bertz CT molecular complexity index is 734. The molecule has 1 aromatic carbocycles. The number of aliphatic hydroxyl groups is 1. The van der Waals surface area contributed by atoms with Crippen LogP contribution >= 0.6 is 0 Å². The zero-order valence-corrected chi connectivity index (χ0v) is 19.4. The van der Waals surface area contributed by atoms with Crippen molar-refractivity contribution in [2.24, 2.45) is 4.99 Å². The monoisotopic (exact) mass is 432 g/mol. The Morgan fingerprint density at radius 1 is 1.23 bits per heavy atom. The van der Waals surface area contributed by atoms with Crippen LogP contribution in [0.5, 0.6) is 0 Å². The number of nitrogens with zero attached hydrogens (tertiary/aromatic N) is 4. The summed E-state index contributed by atoms with van der Waals surface area (Å²) in [6, 6.07) is 9.55. The van der Waals surface area contributed by atoms with E-state index in [9.17, 15) is 9.59 Å². The fraction of sp³-hybridized carbons (Fsp3) is 0.435. The minimum Gasteiger partial charge on any atom is -0.478 e. The second-order valence-corrected chi connectivity index (χ2v) is 6.51. The first-order valence-corrected chi connectivity index (χ1v) is 10.2. The molecule has 0 saturated carbocycles. The van der Waals surface area contributed by atoms with Gasteiger partial charge >= 0.3 is 0 Å². The van der Waals surface area contributed by atoms with Gasteiger partial charge in [0.1, 0.15) is 5.70 Å². The molecule has 8 heteroatoms. The SMILES string of the molecule is C=N/C(=C(/C(=O)N(C)CCCO)N(COC(=C)C)Cc1ccccc1)N(C)C=O.CC. The lowest BCUT2D eigenvalue weighted by molar-refractivity contribution is -0.128. The van der Waals surface area contributed by atoms with Gasteiger partial charge < -0.3 is 24.5 Å². The van der Waals surface area contributed by atoms with Crippen molar-refractivity contribution in [3.05, 3.63) is 59.8 Å². The molecular formula is C23H36N4O4. The van der Waals surface area contributed by atoms with Crippen LogP contribution in [0, 0.1) is 0 Å². The summed E-state index contributed by atoms with van der Waals surface area (Å²) in [5.74, 6) is 0.234. The van der Waals surface area contributed by atoms with E-state index in [1.807, 2.05) is 44.2 Å². The van der Waals surface area contributed by atoms with Gasteiger partial charge in [0, 0.05) is 33.8 Å². The topological polar surface area (TPSA) is 85.7 Å². The van der Waals surface area contributed by atoms with Gasteiger partial charge in [-0.3, -0.25) is 9.59 Å². The van der Waals surface area contributed by atoms with E-state index < -0.39 is 0 Å². The summed E-state index contributed by atoms with van der Waals surface area (Å²) in [5, 5.41) is 9.09. The van der Waals surface area contributed by atoms with E-state index in [2.05, 4.69) is 18.3 Å². The van der Waals surface area contributed by atoms with Gasteiger partial charge in [-0.2, -0.15) is 0 Å². The molecule has 0 aliphatic heterocycles. The Labute approximate surface area is 186 Å². The molecule has 8 nitrogen and oxygen atoms in total. The molecule has 0 heterocycles. The molecule has 0 spiro atoms. The summed E-state index contributed by atoms with van der Waals surface area (Å²) in [6.45, 7) is 13.7. The average molecular weight is 433 g/mol. The van der Waals surface area contributed by atoms with E-state index in [0.717, 1.165) is 5.56 Å². The number of benzene rings is 1. The zero-order valence-electron chi connectivity index (χ0n) is 19.4. The van der Waals surface area contributed by atoms with Crippen LogP contribution in [0.3, 0.4) is 0 Å². The predicted molar refractivity (Wildman–Crippen MR) is 124 cm³/mol. The minimum atomic E-state index is -0.365. The second-order valence-electron chi connectivity index (χ2n) is 6.51. The van der Waals surface area contributed by atoms with Gasteiger partial charge in [0.2, 0.25) is 6.41 Å². The summed E-state index contributed by atoms with van der Waals surface area (Å²) in [6.07, 6.45) is 0.988. The van der Waals surface area contributed by atoms with Crippen LogP contribution < -0.4 is 0 Å². The highest BCUT2D eigenvalue weighted by Gasteiger charge is 2.27. The molecule has 1 N–H and O–H groups in total. The van der Waals surface area contributed by atoms with E-state index in [1.54, 1.807) is 18.9 Å². The van der Waals surface area contributed by atoms with Crippen molar-refractivity contribution in [3.63, 3.8) is 0 Å². The van der Waals surface area contributed by atoms with Crippen molar-refractivity contribution in [1.29, 1.82) is 0 Å². The van der Waals surface area contributed by atoms with E-state index in [0.29, 0.717) is 31.7 Å². The van der Waals surface area contributed by atoms with Gasteiger partial charge in [0.15, 0.2) is 12.6 Å². The van der Waals surface area contributed by atoms with Gasteiger partial charge in [-0.15, -0.1) is 0 Å². The Hall–Kier alpha value is -3.13. The van der Waals surface area contributed by atoms with Gasteiger partial charge in [-0.05, 0) is 25.6 Å². The van der Waals surface area contributed by atoms with Crippen molar-refractivity contribution in [1.82, 2.24) is 14.7 Å². The molecule has 172 valence electrons. The highest BCUT2D eigenvalue weighted by atomic mass is 16.5. The number of amides is 2. The minimum absolute atomic E-state index is 0.0326. The molecule has 1 rings (SSSR count). The maximum Gasteiger partial charge on any atom is 0.273 e. The molecule has 0 aromatic heterocycles. The molecule has 31 heavy (non-hydrogen) atoms. The number of aliphatic hydroxyl groups excluding tert-OH is 1. The lowest BCUT2D eigenvalue weighted by atomic mass is 10.2. The Morgan fingerprint density at radius 2 is 1.84 bits per heavy atom. The van der Waals surface area contributed by atoms with Crippen molar-refractivity contribution in [2.45, 2.75) is 33.7 Å². The summed E-state index contributed by atoms with van der Waals surface area (Å²) in [7, 11) is 3.12. The number of hydrogen-bond acceptors (Lipinski definition) is 6. The fourth-order valence-corrected chi connectivity index (χ4v) is 2.55. The molecule has 0 bridgehead atoms. The van der Waals surface area contributed by atoms with Crippen molar-refractivity contribution in [2.75, 3.05) is 34.0 Å². The molecule has 0 unspecified atom stereocenters. The maximum atomic E-state index is 13.3. The van der Waals surface area contributed by atoms with Gasteiger partial charge in [0.05, 0.1) is 5.76 Å². The smallest absolute Gasteiger partial charge is 0.273 e. The highest BCUT2D eigenvalue weighted by molar-refractivity contribution is 5.93. The van der Waals surface area contributed by atoms with E-state index in [1.165, 1.54) is 16.8 Å². The van der Waals surface area contributed by atoms with Crippen molar-refractivity contribution < 1.29 is 19.4 Å². The number of likely N-dealkylation sites (N-methyl/N-ethyl adjacent to an activating group) is 1. The Balaban J connectivity index is 0.00000436. The summed E-state index contributed by atoms with van der Waals surface area (Å²) >= 11 is 0. The normalized spacial score (nSPS) is 10.6. The van der Waals surface area contributed by atoms with Gasteiger partial charge in [-0.25, -0.2) is 4.99 Å². The summed E-state index contributed by atoms with van der Waals surface area (Å²) in [5.41, 5.74) is 1.11. The molecule has 2 amide bonds. The van der Waals surface area contributed by atoms with Crippen LogP contribution in [0.4, 0.5) is 0 Å². The van der Waals surface area contributed by atoms with Gasteiger partial charge in [0.25, 0.3) is 5.91 Å². The second kappa shape index (κ2) is 15.7. The first-order chi connectivity index (χ1) is 14.8. The van der Waals surface area contributed by atoms with Crippen molar-refractivity contribution >= 4 is 19.0 Å². The molecule has 0 aliphatic rings. The molecule has 0 radical (unpaired) electrons. The lowest BCUT2D eigenvalue weighted by Crippen LogP contribution is -2.40. The number of carbonyl (C=O) groups excluding carboxylic acids is 2. The summed E-state index contributed by atoms with van der Waals surface area (Å²) < 4.78 is 5.59. The number of ether oxygens (including phenoxy) is 1. The van der Waals surface area contributed by atoms with Crippen LogP contribution in [0.15, 0.2) is 59.2 Å². The number of allylic oxidation sites excluding steroid dienone is 1. The van der Waals surface area contributed by atoms with E-state index in [-0.39, 0.29) is 30.8 Å². The van der Waals surface area contributed by atoms with E-state index in [4.69, 9.17) is 9.84 Å². The molecule has 0 atom stereocenters. The third kappa shape index (κ3) is 9.48. The Kier molecular flexibility index (Phi) is 14.1. The zero-order chi connectivity index (χ0) is 23.8. The predicted octanol–water partition coefficient (Wildman–Crippen LogP) is 2.82. The largest absolute Gasteiger partial charge is 0.478 e. The van der Waals surface area contributed by atoms with Crippen LogP contribution in [0.2, 0.25) is 0 Å². The van der Waals surface area contributed by atoms with E-state index >= 15 is 0 Å². The summed E-state index contributed by atoms with van der Waals surface area (Å²) in [4.78, 5) is 33.0. The van der Waals surface area contributed by atoms with Gasteiger partial charge in [-0.1, -0.05) is 50.8 Å². The number of hydrogen-bond donors (Lipinski definition) is 1. The average Bonchev–Trinajstić information content (AvgIpc) is 2.79. The third-order valence-electron chi connectivity index (χ3n) is 4.05. The van der Waals surface area contributed by atoms with Crippen LogP contribution in [-0.2, 0) is 20.9 Å². The first-order valence-electron chi connectivity index (χ1n) is 10.2. The lowest BCUT2D eigenvalue weighted by Gasteiger charge is -2.31. The molecule has 0 fully saturated rings. The van der Waals surface area contributed by atoms with Crippen LogP contribution in [-0.4, -0.2) is 72.8 Å². The van der Waals surface area contributed by atoms with Crippen molar-refractivity contribution in [3.8, 4) is 0 Å². The molecule has 0 aliphatic carbocycles. The molecular weight excluding hydrogens is 396 g/mol. The maximum absolute atomic E-state index is 13.3. The molecule has 1 aromatic rings. The highest BCUT2D eigenvalue weighted by Crippen LogP contribution is 2.20. The quantitative estimate of drug-likeness (QED) is 0.170. The van der Waals surface area contributed by atoms with Crippen LogP contribution in [0.1, 0.15) is 32.8 Å². The number of rotatable bonds is 13. The Morgan fingerprint density at radius 3 is 2.32 bits per heavy atom. The van der Waals surface area contributed by atoms with Crippen LogP contribution in [0.25, 0.3) is 0 Å². The first kappa shape index (κ1) is 27.9.